The standard InChI is InChI=1S/C22H25N3O2S/c1-15-7-6-8-17(13-15)25-20(14-19(24-25)22(2,3)4)23-21(26)16-9-11-18(12-10-16)28(5)27/h6-14H,1-5H3,(H,23,26)/t28-/m1/s1. The van der Waals surface area contributed by atoms with Crippen molar-refractivity contribution in [2.45, 2.75) is 38.0 Å². The van der Waals surface area contributed by atoms with Crippen molar-refractivity contribution in [2.75, 3.05) is 11.6 Å². The van der Waals surface area contributed by atoms with Gasteiger partial charge in [-0.2, -0.15) is 5.10 Å². The van der Waals surface area contributed by atoms with Gasteiger partial charge in [-0.1, -0.05) is 32.9 Å². The Morgan fingerprint density at radius 3 is 2.32 bits per heavy atom. The molecule has 1 amide bonds. The van der Waals surface area contributed by atoms with Crippen molar-refractivity contribution in [1.29, 1.82) is 0 Å². The summed E-state index contributed by atoms with van der Waals surface area (Å²) in [7, 11) is -1.07. The fraction of sp³-hybridized carbons (Fsp3) is 0.273. The molecule has 146 valence electrons. The van der Waals surface area contributed by atoms with Gasteiger partial charge in [0.2, 0.25) is 0 Å². The number of carbonyl (C=O) groups excluding carboxylic acids is 1. The van der Waals surface area contributed by atoms with Crippen LogP contribution in [0.2, 0.25) is 0 Å². The summed E-state index contributed by atoms with van der Waals surface area (Å²) in [4.78, 5) is 13.5. The van der Waals surface area contributed by atoms with Crippen molar-refractivity contribution >= 4 is 22.5 Å². The summed E-state index contributed by atoms with van der Waals surface area (Å²) in [6.45, 7) is 8.29. The van der Waals surface area contributed by atoms with E-state index in [4.69, 9.17) is 5.10 Å². The summed E-state index contributed by atoms with van der Waals surface area (Å²) in [5.74, 6) is 0.381. The van der Waals surface area contributed by atoms with Crippen LogP contribution < -0.4 is 5.32 Å². The normalized spacial score (nSPS) is 12.6. The van der Waals surface area contributed by atoms with Crippen molar-refractivity contribution in [2.24, 2.45) is 0 Å². The smallest absolute Gasteiger partial charge is 0.256 e. The highest BCUT2D eigenvalue weighted by molar-refractivity contribution is 7.84. The van der Waals surface area contributed by atoms with Gasteiger partial charge in [-0.05, 0) is 48.9 Å². The van der Waals surface area contributed by atoms with E-state index in [0.29, 0.717) is 16.3 Å². The zero-order valence-electron chi connectivity index (χ0n) is 16.8. The molecule has 3 rings (SSSR count). The van der Waals surface area contributed by atoms with E-state index in [-0.39, 0.29) is 11.3 Å². The number of carbonyl (C=O) groups is 1. The van der Waals surface area contributed by atoms with Crippen LogP contribution in [-0.2, 0) is 16.2 Å². The molecule has 0 aliphatic carbocycles. The molecule has 0 bridgehead atoms. The molecule has 0 aliphatic rings. The molecule has 28 heavy (non-hydrogen) atoms. The Labute approximate surface area is 168 Å². The van der Waals surface area contributed by atoms with Crippen LogP contribution in [0.5, 0.6) is 0 Å². The highest BCUT2D eigenvalue weighted by Gasteiger charge is 2.22. The number of anilines is 1. The van der Waals surface area contributed by atoms with E-state index in [1.54, 1.807) is 35.2 Å². The third-order valence-corrected chi connectivity index (χ3v) is 5.35. The number of rotatable bonds is 4. The number of hydrogen-bond donors (Lipinski definition) is 1. The van der Waals surface area contributed by atoms with Crippen molar-refractivity contribution in [1.82, 2.24) is 9.78 Å². The Kier molecular flexibility index (Phi) is 5.52. The molecule has 1 atom stereocenters. The van der Waals surface area contributed by atoms with Gasteiger partial charge in [0.25, 0.3) is 5.91 Å². The second-order valence-corrected chi connectivity index (χ2v) is 9.23. The fourth-order valence-electron chi connectivity index (χ4n) is 2.78. The predicted molar refractivity (Wildman–Crippen MR) is 114 cm³/mol. The van der Waals surface area contributed by atoms with Gasteiger partial charge >= 0.3 is 0 Å². The minimum atomic E-state index is -1.07. The van der Waals surface area contributed by atoms with Gasteiger partial charge < -0.3 is 5.32 Å². The van der Waals surface area contributed by atoms with Crippen LogP contribution in [0.25, 0.3) is 5.69 Å². The maximum absolute atomic E-state index is 12.8. The van der Waals surface area contributed by atoms with Crippen molar-refractivity contribution in [3.05, 3.63) is 71.4 Å². The zero-order chi connectivity index (χ0) is 20.5. The van der Waals surface area contributed by atoms with Gasteiger partial charge in [-0.25, -0.2) is 4.68 Å². The number of hydrogen-bond acceptors (Lipinski definition) is 3. The highest BCUT2D eigenvalue weighted by Crippen LogP contribution is 2.27. The zero-order valence-corrected chi connectivity index (χ0v) is 17.6. The first-order chi connectivity index (χ1) is 13.1. The SMILES string of the molecule is Cc1cccc(-n2nc(C(C)(C)C)cc2NC(=O)c2ccc([S@@](C)=O)cc2)c1. The Balaban J connectivity index is 1.97. The van der Waals surface area contributed by atoms with Gasteiger partial charge in [-0.3, -0.25) is 9.00 Å². The molecule has 3 aromatic rings. The maximum atomic E-state index is 12.8. The van der Waals surface area contributed by atoms with Crippen LogP contribution in [0.4, 0.5) is 5.82 Å². The van der Waals surface area contributed by atoms with Crippen LogP contribution in [0.1, 0.15) is 42.4 Å². The molecule has 0 spiro atoms. The summed E-state index contributed by atoms with van der Waals surface area (Å²) >= 11 is 0. The number of aromatic nitrogens is 2. The van der Waals surface area contributed by atoms with Crippen molar-refractivity contribution in [3.8, 4) is 5.69 Å². The lowest BCUT2D eigenvalue weighted by Crippen LogP contribution is -2.15. The Bertz CT molecular complexity index is 1030. The second kappa shape index (κ2) is 7.72. The fourth-order valence-corrected chi connectivity index (χ4v) is 3.30. The van der Waals surface area contributed by atoms with Gasteiger partial charge in [0, 0.05) is 39.0 Å². The van der Waals surface area contributed by atoms with Crippen LogP contribution in [0, 0.1) is 6.92 Å². The average molecular weight is 396 g/mol. The van der Waals surface area contributed by atoms with Crippen molar-refractivity contribution in [3.63, 3.8) is 0 Å². The van der Waals surface area contributed by atoms with E-state index in [9.17, 15) is 9.00 Å². The number of benzene rings is 2. The first-order valence-electron chi connectivity index (χ1n) is 9.07. The van der Waals surface area contributed by atoms with E-state index in [2.05, 4.69) is 26.1 Å². The summed E-state index contributed by atoms with van der Waals surface area (Å²) in [5.41, 5.74) is 3.25. The molecule has 5 nitrogen and oxygen atoms in total. The molecular weight excluding hydrogens is 370 g/mol. The number of amides is 1. The largest absolute Gasteiger partial charge is 0.306 e. The van der Waals surface area contributed by atoms with Crippen molar-refractivity contribution < 1.29 is 9.00 Å². The third-order valence-electron chi connectivity index (χ3n) is 4.41. The molecule has 2 aromatic carbocycles. The molecule has 0 saturated carbocycles. The first-order valence-corrected chi connectivity index (χ1v) is 10.6. The summed E-state index contributed by atoms with van der Waals surface area (Å²) < 4.78 is 13.3. The van der Waals surface area contributed by atoms with Crippen LogP contribution in [0.15, 0.2) is 59.5 Å². The topological polar surface area (TPSA) is 64.0 Å². The van der Waals surface area contributed by atoms with Gasteiger partial charge in [0.15, 0.2) is 0 Å². The van der Waals surface area contributed by atoms with Crippen LogP contribution in [-0.4, -0.2) is 26.2 Å². The van der Waals surface area contributed by atoms with E-state index in [1.165, 1.54) is 0 Å². The average Bonchev–Trinajstić information content (AvgIpc) is 3.06. The van der Waals surface area contributed by atoms with E-state index >= 15 is 0 Å². The summed E-state index contributed by atoms with van der Waals surface area (Å²) in [6.07, 6.45) is 1.61. The Morgan fingerprint density at radius 1 is 1.07 bits per heavy atom. The van der Waals surface area contributed by atoms with Gasteiger partial charge in [0.05, 0.1) is 11.4 Å². The molecule has 0 radical (unpaired) electrons. The molecule has 0 unspecified atom stereocenters. The predicted octanol–water partition coefficient (Wildman–Crippen LogP) is 4.47. The third kappa shape index (κ3) is 4.39. The number of nitrogens with one attached hydrogen (secondary N) is 1. The molecule has 1 N–H and O–H groups in total. The van der Waals surface area contributed by atoms with Gasteiger partial charge in [-0.15, -0.1) is 0 Å². The molecule has 0 saturated heterocycles. The molecule has 0 fully saturated rings. The number of aryl methyl sites for hydroxylation is 1. The Morgan fingerprint density at radius 2 is 1.75 bits per heavy atom. The lowest BCUT2D eigenvalue weighted by atomic mass is 9.92. The van der Waals surface area contributed by atoms with Crippen LogP contribution >= 0.6 is 0 Å². The van der Waals surface area contributed by atoms with E-state index in [1.807, 2.05) is 37.3 Å². The molecule has 1 aromatic heterocycles. The summed E-state index contributed by atoms with van der Waals surface area (Å²) in [5, 5.41) is 7.71. The monoisotopic (exact) mass is 395 g/mol. The maximum Gasteiger partial charge on any atom is 0.256 e. The molecule has 6 heteroatoms. The lowest BCUT2D eigenvalue weighted by Gasteiger charge is -2.14. The lowest BCUT2D eigenvalue weighted by molar-refractivity contribution is 0.102. The van der Waals surface area contributed by atoms with Gasteiger partial charge in [0.1, 0.15) is 5.82 Å². The quantitative estimate of drug-likeness (QED) is 0.709. The molecular formula is C22H25N3O2S. The Hall–Kier alpha value is -2.73. The minimum absolute atomic E-state index is 0.151. The summed E-state index contributed by atoms with van der Waals surface area (Å²) in [6, 6.07) is 16.7. The first kappa shape index (κ1) is 20.0. The molecule has 0 aliphatic heterocycles. The molecule has 1 heterocycles. The van der Waals surface area contributed by atoms with Crippen LogP contribution in [0.3, 0.4) is 0 Å². The highest BCUT2D eigenvalue weighted by atomic mass is 32.2. The van der Waals surface area contributed by atoms with E-state index < -0.39 is 10.8 Å². The minimum Gasteiger partial charge on any atom is -0.306 e. The van der Waals surface area contributed by atoms with E-state index in [0.717, 1.165) is 16.9 Å². The number of nitrogens with zero attached hydrogens (tertiary/aromatic N) is 2. The second-order valence-electron chi connectivity index (χ2n) is 7.85.